The Labute approximate surface area is 122 Å². The second-order valence-corrected chi connectivity index (χ2v) is 4.84. The third kappa shape index (κ3) is 44.4. The van der Waals surface area contributed by atoms with Crippen molar-refractivity contribution >= 4 is 29.2 Å². The number of esters is 1. The van der Waals surface area contributed by atoms with Crippen molar-refractivity contribution in [3.63, 3.8) is 0 Å². The molecule has 0 saturated heterocycles. The molecule has 0 aromatic heterocycles. The van der Waals surface area contributed by atoms with E-state index in [9.17, 15) is 4.79 Å². The average molecular weight is 303 g/mol. The van der Waals surface area contributed by atoms with Gasteiger partial charge in [-0.25, -0.2) is 0 Å². The molecule has 0 aliphatic heterocycles. The summed E-state index contributed by atoms with van der Waals surface area (Å²) in [7, 11) is 0. The van der Waals surface area contributed by atoms with E-state index < -0.39 is 4.84 Å². The van der Waals surface area contributed by atoms with Crippen molar-refractivity contribution in [1.29, 1.82) is 0 Å². The van der Waals surface area contributed by atoms with Crippen LogP contribution in [0.5, 0.6) is 0 Å². The molecule has 18 heavy (non-hydrogen) atoms. The number of halogens is 2. The molecule has 0 aliphatic carbocycles. The highest BCUT2D eigenvalue weighted by molar-refractivity contribution is 6.44. The molecule has 0 bridgehead atoms. The van der Waals surface area contributed by atoms with Crippen LogP contribution in [0.15, 0.2) is 0 Å². The summed E-state index contributed by atoms with van der Waals surface area (Å²) in [6, 6.07) is 0. The van der Waals surface area contributed by atoms with Crippen molar-refractivity contribution in [3.8, 4) is 0 Å². The molecule has 0 aliphatic rings. The minimum absolute atomic E-state index is 0.164. The van der Waals surface area contributed by atoms with Crippen LogP contribution in [0.1, 0.15) is 59.8 Å². The van der Waals surface area contributed by atoms with Gasteiger partial charge in [0.2, 0.25) is 0 Å². The maximum atomic E-state index is 9.82. The first-order valence-corrected chi connectivity index (χ1v) is 7.35. The van der Waals surface area contributed by atoms with Gasteiger partial charge in [-0.2, -0.15) is 0 Å². The number of hydrogen-bond donors (Lipinski definition) is 1. The van der Waals surface area contributed by atoms with Crippen molar-refractivity contribution < 1.29 is 14.6 Å². The molecular weight excluding hydrogens is 275 g/mol. The molecule has 0 aromatic rings. The number of aliphatic hydroxyl groups is 1. The molecule has 0 fully saturated rings. The van der Waals surface area contributed by atoms with Crippen LogP contribution in [0.3, 0.4) is 0 Å². The summed E-state index contributed by atoms with van der Waals surface area (Å²) >= 11 is 9.96. The van der Waals surface area contributed by atoms with Gasteiger partial charge < -0.3 is 9.84 Å². The molecule has 0 unspecified atom stereocenters. The van der Waals surface area contributed by atoms with E-state index >= 15 is 0 Å². The second kappa shape index (κ2) is 22.2. The lowest BCUT2D eigenvalue weighted by Gasteiger charge is -1.90. The molecule has 0 aromatic carbocycles. The minimum atomic E-state index is -0.616. The van der Waals surface area contributed by atoms with E-state index in [-0.39, 0.29) is 12.6 Å². The molecule has 0 amide bonds. The van der Waals surface area contributed by atoms with Crippen LogP contribution in [0.2, 0.25) is 0 Å². The summed E-state index contributed by atoms with van der Waals surface area (Å²) in [5.74, 6) is -0.211. The summed E-state index contributed by atoms with van der Waals surface area (Å²) < 4.78 is 4.40. The largest absolute Gasteiger partial charge is 0.466 e. The predicted octanol–water partition coefficient (Wildman–Crippen LogP) is 4.33. The van der Waals surface area contributed by atoms with Crippen molar-refractivity contribution in [2.24, 2.45) is 0 Å². The van der Waals surface area contributed by atoms with E-state index in [2.05, 4.69) is 18.6 Å². The van der Waals surface area contributed by atoms with E-state index in [1.54, 1.807) is 6.92 Å². The summed E-state index contributed by atoms with van der Waals surface area (Å²) in [4.78, 5) is 9.21. The first-order chi connectivity index (χ1) is 8.45. The number of aliphatic hydroxyl groups excluding tert-OH is 1. The van der Waals surface area contributed by atoms with Gasteiger partial charge in [-0.3, -0.25) is 4.79 Å². The van der Waals surface area contributed by atoms with Gasteiger partial charge in [0.05, 0.1) is 13.2 Å². The van der Waals surface area contributed by atoms with Crippen LogP contribution in [-0.4, -0.2) is 29.1 Å². The molecule has 0 atom stereocenters. The van der Waals surface area contributed by atoms with E-state index in [1.165, 1.54) is 39.0 Å². The summed E-state index contributed by atoms with van der Waals surface area (Å²) in [5.41, 5.74) is 0. The normalized spacial score (nSPS) is 8.89. The topological polar surface area (TPSA) is 46.5 Å². The van der Waals surface area contributed by atoms with Crippen LogP contribution in [0.4, 0.5) is 0 Å². The third-order valence-corrected chi connectivity index (χ3v) is 1.97. The first kappa shape index (κ1) is 23.1. The van der Waals surface area contributed by atoms with Crippen LogP contribution in [0, 0.1) is 0 Å². The van der Waals surface area contributed by atoms with E-state index in [0.29, 0.717) is 6.61 Å². The highest BCUT2D eigenvalue weighted by Gasteiger charge is 1.88. The Morgan fingerprint density at radius 3 is 1.61 bits per heavy atom. The lowest BCUT2D eigenvalue weighted by molar-refractivity contribution is -0.140. The Bertz CT molecular complexity index is 149. The average Bonchev–Trinajstić information content (AvgIpc) is 2.31. The van der Waals surface area contributed by atoms with Gasteiger partial charge in [-0.1, -0.05) is 46.0 Å². The summed E-state index contributed by atoms with van der Waals surface area (Å²) in [6.45, 7) is 7.98. The van der Waals surface area contributed by atoms with Crippen LogP contribution in [0.25, 0.3) is 0 Å². The summed E-state index contributed by atoms with van der Waals surface area (Å²) in [5, 5.41) is 7.88. The SMILES string of the molecule is CCCCCCC.CCOC(C)=O.OCC(Cl)Cl. The molecule has 0 rings (SSSR count). The zero-order chi connectivity index (χ0) is 14.8. The lowest BCUT2D eigenvalue weighted by Crippen LogP contribution is -1.95. The second-order valence-electron chi connectivity index (χ2n) is 3.56. The maximum Gasteiger partial charge on any atom is 0.302 e. The molecule has 112 valence electrons. The molecule has 3 nitrogen and oxygen atoms in total. The van der Waals surface area contributed by atoms with Gasteiger partial charge in [0.15, 0.2) is 0 Å². The van der Waals surface area contributed by atoms with Gasteiger partial charge in [0.1, 0.15) is 4.84 Å². The monoisotopic (exact) mass is 302 g/mol. The van der Waals surface area contributed by atoms with Crippen molar-refractivity contribution in [3.05, 3.63) is 0 Å². The lowest BCUT2D eigenvalue weighted by atomic mass is 10.2. The number of ether oxygens (including phenoxy) is 1. The van der Waals surface area contributed by atoms with Crippen LogP contribution in [-0.2, 0) is 9.53 Å². The standard InChI is InChI=1S/C7H16.C4H8O2.C2H4Cl2O/c1-3-5-7-6-4-2;1-3-6-4(2)5;3-2(4)1-5/h3-7H2,1-2H3;3H2,1-2H3;2,5H,1H2. The molecule has 5 heteroatoms. The van der Waals surface area contributed by atoms with E-state index in [4.69, 9.17) is 28.3 Å². The zero-order valence-electron chi connectivity index (χ0n) is 12.0. The molecule has 0 radical (unpaired) electrons. The number of alkyl halides is 2. The fourth-order valence-corrected chi connectivity index (χ4v) is 0.880. The Morgan fingerprint density at radius 2 is 1.50 bits per heavy atom. The molecule has 0 heterocycles. The number of carbonyl (C=O) groups excluding carboxylic acids is 1. The summed E-state index contributed by atoms with van der Waals surface area (Å²) in [6.07, 6.45) is 7.01. The molecule has 0 saturated carbocycles. The Balaban J connectivity index is -0.000000190. The molecule has 1 N–H and O–H groups in total. The van der Waals surface area contributed by atoms with Gasteiger partial charge >= 0.3 is 5.97 Å². The smallest absolute Gasteiger partial charge is 0.302 e. The highest BCUT2D eigenvalue weighted by Crippen LogP contribution is 2.00. The van der Waals surface area contributed by atoms with Crippen LogP contribution < -0.4 is 0 Å². The molecule has 0 spiro atoms. The first-order valence-electron chi connectivity index (χ1n) is 6.48. The van der Waals surface area contributed by atoms with E-state index in [1.807, 2.05) is 0 Å². The minimum Gasteiger partial charge on any atom is -0.466 e. The number of rotatable bonds is 6. The zero-order valence-corrected chi connectivity index (χ0v) is 13.6. The van der Waals surface area contributed by atoms with Crippen molar-refractivity contribution in [2.45, 2.75) is 64.6 Å². The number of hydrogen-bond acceptors (Lipinski definition) is 3. The van der Waals surface area contributed by atoms with Crippen molar-refractivity contribution in [2.75, 3.05) is 13.2 Å². The maximum absolute atomic E-state index is 9.82. The van der Waals surface area contributed by atoms with Gasteiger partial charge in [0, 0.05) is 6.92 Å². The van der Waals surface area contributed by atoms with Crippen LogP contribution >= 0.6 is 23.2 Å². The van der Waals surface area contributed by atoms with Crippen molar-refractivity contribution in [1.82, 2.24) is 0 Å². The Kier molecular flexibility index (Phi) is 28.5. The quantitative estimate of drug-likeness (QED) is 0.451. The number of unbranched alkanes of at least 4 members (excludes halogenated alkanes) is 4. The third-order valence-electron chi connectivity index (χ3n) is 1.69. The van der Waals surface area contributed by atoms with E-state index in [0.717, 1.165) is 0 Å². The van der Waals surface area contributed by atoms with Gasteiger partial charge in [-0.15, -0.1) is 23.2 Å². The highest BCUT2D eigenvalue weighted by atomic mass is 35.5. The Hall–Kier alpha value is 0.01000. The Morgan fingerprint density at radius 1 is 1.11 bits per heavy atom. The van der Waals surface area contributed by atoms with Gasteiger partial charge in [0.25, 0.3) is 0 Å². The predicted molar refractivity (Wildman–Crippen MR) is 79.3 cm³/mol. The fraction of sp³-hybridized carbons (Fsp3) is 0.923. The van der Waals surface area contributed by atoms with Gasteiger partial charge in [-0.05, 0) is 6.92 Å². The fourth-order valence-electron chi connectivity index (χ4n) is 0.880. The molecular formula is C13H28Cl2O3. The number of carbonyl (C=O) groups is 1.